The molecule has 1 aliphatic carbocycles. The van der Waals surface area contributed by atoms with Crippen LogP contribution in [-0.2, 0) is 17.7 Å². The Hall–Kier alpha value is -3.03. The van der Waals surface area contributed by atoms with Gasteiger partial charge >= 0.3 is 0 Å². The number of nitrogens with one attached hydrogen (secondary N) is 1. The molecule has 34 heavy (non-hydrogen) atoms. The lowest BCUT2D eigenvalue weighted by atomic mass is 9.75. The molecule has 3 aromatic rings. The van der Waals surface area contributed by atoms with Gasteiger partial charge in [0, 0.05) is 49.6 Å². The molecule has 1 saturated heterocycles. The Kier molecular flexibility index (Phi) is 6.23. The maximum Gasteiger partial charge on any atom is 0.251 e. The Labute approximate surface area is 204 Å². The number of hydrogen-bond donors (Lipinski definition) is 1. The molecule has 0 spiro atoms. The van der Waals surface area contributed by atoms with Gasteiger partial charge in [-0.05, 0) is 52.8 Å². The summed E-state index contributed by atoms with van der Waals surface area (Å²) in [4.78, 5) is 33.3. The summed E-state index contributed by atoms with van der Waals surface area (Å²) in [6.07, 6.45) is 4.86. The van der Waals surface area contributed by atoms with Gasteiger partial charge in [-0.15, -0.1) is 11.3 Å². The van der Waals surface area contributed by atoms with E-state index in [1.54, 1.807) is 23.7 Å². The Morgan fingerprint density at radius 3 is 2.68 bits per heavy atom. The van der Waals surface area contributed by atoms with E-state index >= 15 is 0 Å². The average molecular weight is 476 g/mol. The number of nitrogens with zero attached hydrogens (tertiary/aromatic N) is 2. The number of benzene rings is 1. The third kappa shape index (κ3) is 4.63. The summed E-state index contributed by atoms with van der Waals surface area (Å²) in [7, 11) is 0. The highest BCUT2D eigenvalue weighted by Gasteiger charge is 2.37. The predicted octanol–water partition coefficient (Wildman–Crippen LogP) is 4.73. The lowest BCUT2D eigenvalue weighted by molar-refractivity contribution is 0.0915. The molecule has 1 fully saturated rings. The Morgan fingerprint density at radius 2 is 1.91 bits per heavy atom. The van der Waals surface area contributed by atoms with Gasteiger partial charge in [0.15, 0.2) is 5.78 Å². The van der Waals surface area contributed by atoms with E-state index in [0.29, 0.717) is 31.7 Å². The number of carbonyl (C=O) groups excluding carboxylic acids is 2. The SMILES string of the molecule is CC1(C)CC(=O)c2sc(N3CCOCC3)c(-c3cccc(C(=O)NCc4ccncc4)c3)c2C1. The van der Waals surface area contributed by atoms with Crippen LogP contribution in [0.1, 0.15) is 51.4 Å². The van der Waals surface area contributed by atoms with Crippen molar-refractivity contribution in [2.24, 2.45) is 5.41 Å². The van der Waals surface area contributed by atoms with Crippen molar-refractivity contribution in [2.45, 2.75) is 33.2 Å². The molecule has 0 bridgehead atoms. The number of carbonyl (C=O) groups is 2. The number of thiophene rings is 1. The second-order valence-electron chi connectivity index (χ2n) is 9.75. The van der Waals surface area contributed by atoms with Crippen molar-refractivity contribution in [1.82, 2.24) is 10.3 Å². The highest BCUT2D eigenvalue weighted by Crippen LogP contribution is 2.49. The van der Waals surface area contributed by atoms with E-state index in [-0.39, 0.29) is 17.1 Å². The minimum Gasteiger partial charge on any atom is -0.378 e. The first kappa shape index (κ1) is 22.7. The van der Waals surface area contributed by atoms with Crippen LogP contribution in [0.25, 0.3) is 11.1 Å². The number of pyridine rings is 1. The number of ether oxygens (including phenoxy) is 1. The second kappa shape index (κ2) is 9.31. The lowest BCUT2D eigenvalue weighted by Crippen LogP contribution is -2.36. The summed E-state index contributed by atoms with van der Waals surface area (Å²) in [6, 6.07) is 11.6. The van der Waals surface area contributed by atoms with Crippen LogP contribution < -0.4 is 10.2 Å². The Balaban J connectivity index is 1.51. The van der Waals surface area contributed by atoms with Gasteiger partial charge in [-0.25, -0.2) is 0 Å². The molecule has 1 N–H and O–H groups in total. The van der Waals surface area contributed by atoms with Crippen molar-refractivity contribution in [3.05, 3.63) is 70.4 Å². The van der Waals surface area contributed by atoms with E-state index in [9.17, 15) is 9.59 Å². The van der Waals surface area contributed by atoms with E-state index < -0.39 is 0 Å². The minimum atomic E-state index is -0.118. The number of Topliss-reactive ketones (excluding diaryl/α,β-unsaturated/α-hetero) is 1. The zero-order valence-corrected chi connectivity index (χ0v) is 20.4. The molecule has 3 heterocycles. The molecule has 176 valence electrons. The van der Waals surface area contributed by atoms with Crippen LogP contribution in [0.5, 0.6) is 0 Å². The van der Waals surface area contributed by atoms with Crippen LogP contribution in [-0.4, -0.2) is 43.0 Å². The van der Waals surface area contributed by atoms with E-state index in [1.165, 1.54) is 0 Å². The number of fused-ring (bicyclic) bond motifs is 1. The number of anilines is 1. The third-order valence-corrected chi connectivity index (χ3v) is 7.78. The number of amides is 1. The molecule has 2 aliphatic rings. The molecule has 0 unspecified atom stereocenters. The summed E-state index contributed by atoms with van der Waals surface area (Å²) < 4.78 is 5.58. The van der Waals surface area contributed by atoms with Gasteiger partial charge in [0.2, 0.25) is 0 Å². The molecular formula is C27H29N3O3S. The largest absolute Gasteiger partial charge is 0.378 e. The molecule has 1 aliphatic heterocycles. The smallest absolute Gasteiger partial charge is 0.251 e. The molecule has 0 atom stereocenters. The number of aromatic nitrogens is 1. The predicted molar refractivity (Wildman–Crippen MR) is 135 cm³/mol. The van der Waals surface area contributed by atoms with Crippen molar-refractivity contribution in [3.8, 4) is 11.1 Å². The molecule has 0 radical (unpaired) electrons. The first-order chi connectivity index (χ1) is 16.4. The Morgan fingerprint density at radius 1 is 1.15 bits per heavy atom. The van der Waals surface area contributed by atoms with Crippen LogP contribution >= 0.6 is 11.3 Å². The summed E-state index contributed by atoms with van der Waals surface area (Å²) in [5.41, 5.74) is 4.75. The summed E-state index contributed by atoms with van der Waals surface area (Å²) in [5.74, 6) is 0.107. The number of ketones is 1. The topological polar surface area (TPSA) is 71.5 Å². The zero-order chi connectivity index (χ0) is 23.7. The van der Waals surface area contributed by atoms with Gasteiger partial charge in [0.25, 0.3) is 5.91 Å². The average Bonchev–Trinajstić information content (AvgIpc) is 3.22. The van der Waals surface area contributed by atoms with Crippen LogP contribution in [0.2, 0.25) is 0 Å². The molecule has 5 rings (SSSR count). The standard InChI is InChI=1S/C27H29N3O3S/c1-27(2)15-21-23(26(30-10-12-33-13-11-30)34-24(21)22(31)16-27)19-4-3-5-20(14-19)25(32)29-17-18-6-8-28-9-7-18/h3-9,14H,10-13,15-17H2,1-2H3,(H,29,32). The fourth-order valence-corrected chi connectivity index (χ4v) is 6.12. The Bertz CT molecular complexity index is 1210. The van der Waals surface area contributed by atoms with Crippen molar-refractivity contribution in [3.63, 3.8) is 0 Å². The summed E-state index contributed by atoms with van der Waals surface area (Å²) in [6.45, 7) is 7.73. The maximum atomic E-state index is 13.1. The highest BCUT2D eigenvalue weighted by molar-refractivity contribution is 7.19. The van der Waals surface area contributed by atoms with Gasteiger partial charge in [-0.2, -0.15) is 0 Å². The van der Waals surface area contributed by atoms with Gasteiger partial charge in [-0.3, -0.25) is 14.6 Å². The number of hydrogen-bond acceptors (Lipinski definition) is 6. The number of morpholine rings is 1. The van der Waals surface area contributed by atoms with Gasteiger partial charge in [-0.1, -0.05) is 26.0 Å². The second-order valence-corrected chi connectivity index (χ2v) is 10.7. The fourth-order valence-electron chi connectivity index (χ4n) is 4.79. The third-order valence-electron chi connectivity index (χ3n) is 6.45. The maximum absolute atomic E-state index is 13.1. The zero-order valence-electron chi connectivity index (χ0n) is 19.6. The van der Waals surface area contributed by atoms with Crippen LogP contribution in [0.4, 0.5) is 5.00 Å². The van der Waals surface area contributed by atoms with Crippen LogP contribution in [0.3, 0.4) is 0 Å². The van der Waals surface area contributed by atoms with Crippen molar-refractivity contribution in [1.29, 1.82) is 0 Å². The fraction of sp³-hybridized carbons (Fsp3) is 0.370. The minimum absolute atomic E-state index is 0.0816. The van der Waals surface area contributed by atoms with Crippen molar-refractivity contribution < 1.29 is 14.3 Å². The van der Waals surface area contributed by atoms with Crippen LogP contribution in [0.15, 0.2) is 48.8 Å². The summed E-state index contributed by atoms with van der Waals surface area (Å²) >= 11 is 1.61. The van der Waals surface area contributed by atoms with Gasteiger partial charge in [0.1, 0.15) is 0 Å². The van der Waals surface area contributed by atoms with E-state index in [2.05, 4.69) is 35.1 Å². The molecular weight excluding hydrogens is 446 g/mol. The highest BCUT2D eigenvalue weighted by atomic mass is 32.1. The van der Waals surface area contributed by atoms with Crippen molar-refractivity contribution >= 4 is 28.0 Å². The lowest BCUT2D eigenvalue weighted by Gasteiger charge is -2.30. The molecule has 0 saturated carbocycles. The van der Waals surface area contributed by atoms with E-state index in [0.717, 1.165) is 51.6 Å². The molecule has 2 aromatic heterocycles. The number of rotatable bonds is 5. The quantitative estimate of drug-likeness (QED) is 0.578. The molecule has 1 aromatic carbocycles. The molecule has 1 amide bonds. The normalized spacial score (nSPS) is 17.4. The molecule has 7 heteroatoms. The van der Waals surface area contributed by atoms with Gasteiger partial charge in [0.05, 0.1) is 23.1 Å². The first-order valence-corrected chi connectivity index (χ1v) is 12.5. The van der Waals surface area contributed by atoms with E-state index in [1.807, 2.05) is 30.3 Å². The van der Waals surface area contributed by atoms with E-state index in [4.69, 9.17) is 4.74 Å². The monoisotopic (exact) mass is 475 g/mol. The van der Waals surface area contributed by atoms with Crippen molar-refractivity contribution in [2.75, 3.05) is 31.2 Å². The van der Waals surface area contributed by atoms with Gasteiger partial charge < -0.3 is 15.0 Å². The summed E-state index contributed by atoms with van der Waals surface area (Å²) in [5, 5.41) is 4.12. The molecule has 6 nitrogen and oxygen atoms in total. The van der Waals surface area contributed by atoms with Crippen LogP contribution in [0, 0.1) is 5.41 Å². The first-order valence-electron chi connectivity index (χ1n) is 11.7.